The highest BCUT2D eigenvalue weighted by molar-refractivity contribution is 7.12. The van der Waals surface area contributed by atoms with Crippen LogP contribution in [0.3, 0.4) is 0 Å². The molecule has 0 saturated heterocycles. The van der Waals surface area contributed by atoms with E-state index in [0.29, 0.717) is 0 Å². The first-order valence-electron chi connectivity index (χ1n) is 12.3. The van der Waals surface area contributed by atoms with Crippen molar-refractivity contribution in [2.75, 3.05) is 0 Å². The quantitative estimate of drug-likeness (QED) is 0.213. The van der Waals surface area contributed by atoms with Crippen molar-refractivity contribution in [2.45, 2.75) is 13.1 Å². The standard InChI is InChI=1S/C32H30O2Si2/c1-35(25-15-7-3-8-16-25,26-17-9-4-10-18-26)29-23-24-30(32(34)31(29)33)36(2,27-19-11-5-12-20-27)28-21-13-6-14-22-28/h3-24,33-34H,1-2H3. The minimum atomic E-state index is -2.59. The van der Waals surface area contributed by atoms with Crippen LogP contribution in [0.15, 0.2) is 133 Å². The van der Waals surface area contributed by atoms with Gasteiger partial charge in [0.1, 0.15) is 16.1 Å². The summed E-state index contributed by atoms with van der Waals surface area (Å²) in [5, 5.41) is 29.8. The van der Waals surface area contributed by atoms with E-state index in [1.54, 1.807) is 0 Å². The molecule has 36 heavy (non-hydrogen) atoms. The lowest BCUT2D eigenvalue weighted by atomic mass is 10.3. The van der Waals surface area contributed by atoms with Gasteiger partial charge in [-0.1, -0.05) is 147 Å². The fourth-order valence-corrected chi connectivity index (χ4v) is 12.8. The van der Waals surface area contributed by atoms with Crippen LogP contribution in [0.2, 0.25) is 13.1 Å². The van der Waals surface area contributed by atoms with E-state index in [-0.39, 0.29) is 11.5 Å². The van der Waals surface area contributed by atoms with Gasteiger partial charge in [0.15, 0.2) is 11.5 Å². The van der Waals surface area contributed by atoms with E-state index in [0.717, 1.165) is 10.4 Å². The van der Waals surface area contributed by atoms with Crippen LogP contribution in [-0.2, 0) is 0 Å². The van der Waals surface area contributed by atoms with Crippen molar-refractivity contribution >= 4 is 47.3 Å². The number of phenols is 2. The van der Waals surface area contributed by atoms with Gasteiger partial charge in [-0.15, -0.1) is 0 Å². The molecule has 0 aliphatic carbocycles. The van der Waals surface area contributed by atoms with Crippen molar-refractivity contribution in [3.8, 4) is 11.5 Å². The zero-order valence-corrected chi connectivity index (χ0v) is 22.6. The number of hydrogen-bond donors (Lipinski definition) is 2. The largest absolute Gasteiger partial charge is 0.504 e. The Hall–Kier alpha value is -3.87. The highest BCUT2D eigenvalue weighted by Crippen LogP contribution is 2.26. The van der Waals surface area contributed by atoms with Crippen molar-refractivity contribution < 1.29 is 10.2 Å². The topological polar surface area (TPSA) is 40.5 Å². The molecule has 178 valence electrons. The maximum Gasteiger partial charge on any atom is 0.157 e. The number of hydrogen-bond acceptors (Lipinski definition) is 2. The Kier molecular flexibility index (Phi) is 6.39. The highest BCUT2D eigenvalue weighted by atomic mass is 28.3. The second kappa shape index (κ2) is 9.65. The van der Waals surface area contributed by atoms with Crippen LogP contribution in [0.5, 0.6) is 11.5 Å². The lowest BCUT2D eigenvalue weighted by molar-refractivity contribution is 0.409. The minimum absolute atomic E-state index is 0.0000370. The average Bonchev–Trinajstić information content (AvgIpc) is 2.95. The third-order valence-corrected chi connectivity index (χ3v) is 16.5. The molecular formula is C32H30O2Si2. The zero-order valence-electron chi connectivity index (χ0n) is 20.6. The number of phenolic OH excluding ortho intramolecular Hbond substituents is 2. The minimum Gasteiger partial charge on any atom is -0.504 e. The van der Waals surface area contributed by atoms with Crippen molar-refractivity contribution in [1.82, 2.24) is 0 Å². The number of aromatic hydroxyl groups is 2. The summed E-state index contributed by atoms with van der Waals surface area (Å²) in [6, 6.07) is 45.6. The molecule has 5 aromatic rings. The van der Waals surface area contributed by atoms with Gasteiger partial charge < -0.3 is 10.2 Å². The summed E-state index contributed by atoms with van der Waals surface area (Å²) >= 11 is 0. The second-order valence-electron chi connectivity index (χ2n) is 9.57. The highest BCUT2D eigenvalue weighted by Gasteiger charge is 2.41. The molecule has 5 rings (SSSR count). The third-order valence-electron chi connectivity index (χ3n) is 7.63. The molecule has 0 aliphatic rings. The van der Waals surface area contributed by atoms with Crippen LogP contribution in [-0.4, -0.2) is 26.4 Å². The predicted molar refractivity (Wildman–Crippen MR) is 157 cm³/mol. The second-order valence-corrected chi connectivity index (χ2v) is 17.5. The molecule has 0 spiro atoms. The van der Waals surface area contributed by atoms with Crippen LogP contribution >= 0.6 is 0 Å². The first-order chi connectivity index (χ1) is 17.5. The maximum absolute atomic E-state index is 11.7. The number of rotatable bonds is 6. The Balaban J connectivity index is 1.76. The first-order valence-corrected chi connectivity index (χ1v) is 17.3. The molecule has 0 bridgehead atoms. The smallest absolute Gasteiger partial charge is 0.157 e. The molecule has 0 saturated carbocycles. The molecule has 0 atom stereocenters. The summed E-state index contributed by atoms with van der Waals surface area (Å²) < 4.78 is 0. The Labute approximate surface area is 215 Å². The molecule has 2 nitrogen and oxygen atoms in total. The molecular weight excluding hydrogens is 473 g/mol. The van der Waals surface area contributed by atoms with E-state index in [9.17, 15) is 10.2 Å². The van der Waals surface area contributed by atoms with E-state index in [1.165, 1.54) is 20.7 Å². The Morgan fingerprint density at radius 3 is 0.806 bits per heavy atom. The Morgan fingerprint density at radius 1 is 0.361 bits per heavy atom. The molecule has 2 N–H and O–H groups in total. The van der Waals surface area contributed by atoms with E-state index in [2.05, 4.69) is 73.8 Å². The molecule has 0 amide bonds. The van der Waals surface area contributed by atoms with Crippen LogP contribution in [0.4, 0.5) is 0 Å². The molecule has 4 heteroatoms. The van der Waals surface area contributed by atoms with Crippen LogP contribution in [0.1, 0.15) is 0 Å². The Bertz CT molecular complexity index is 1260. The summed E-state index contributed by atoms with van der Waals surface area (Å²) in [5.74, 6) is -0.0000740. The predicted octanol–water partition coefficient (Wildman–Crippen LogP) is 3.30. The summed E-state index contributed by atoms with van der Waals surface area (Å²) in [6.45, 7) is 4.49. The van der Waals surface area contributed by atoms with Gasteiger partial charge in [-0.25, -0.2) is 0 Å². The van der Waals surface area contributed by atoms with Crippen LogP contribution < -0.4 is 31.1 Å². The zero-order chi connectivity index (χ0) is 25.2. The summed E-state index contributed by atoms with van der Waals surface area (Å²) in [6.07, 6.45) is 0. The van der Waals surface area contributed by atoms with Gasteiger partial charge in [-0.3, -0.25) is 0 Å². The van der Waals surface area contributed by atoms with Crippen molar-refractivity contribution in [3.05, 3.63) is 133 Å². The van der Waals surface area contributed by atoms with Gasteiger partial charge in [0, 0.05) is 0 Å². The molecule has 0 heterocycles. The summed E-state index contributed by atoms with van der Waals surface area (Å²) in [4.78, 5) is 0. The molecule has 0 radical (unpaired) electrons. The first kappa shape index (κ1) is 23.9. The van der Waals surface area contributed by atoms with Crippen molar-refractivity contribution in [3.63, 3.8) is 0 Å². The Morgan fingerprint density at radius 2 is 0.583 bits per heavy atom. The van der Waals surface area contributed by atoms with Gasteiger partial charge in [0.25, 0.3) is 0 Å². The van der Waals surface area contributed by atoms with Crippen LogP contribution in [0.25, 0.3) is 0 Å². The van der Waals surface area contributed by atoms with Crippen molar-refractivity contribution in [1.29, 1.82) is 0 Å². The normalized spacial score (nSPS) is 11.8. The SMILES string of the molecule is C[Si](c1ccccc1)(c1ccccc1)c1ccc([Si](C)(c2ccccc2)c2ccccc2)c(O)c1O. The summed E-state index contributed by atoms with van der Waals surface area (Å²) in [7, 11) is -5.18. The van der Waals surface area contributed by atoms with E-state index < -0.39 is 16.1 Å². The fraction of sp³-hybridized carbons (Fsp3) is 0.0625. The maximum atomic E-state index is 11.7. The van der Waals surface area contributed by atoms with Gasteiger partial charge in [-0.05, 0) is 31.1 Å². The van der Waals surface area contributed by atoms with Gasteiger partial charge in [0.2, 0.25) is 0 Å². The van der Waals surface area contributed by atoms with E-state index >= 15 is 0 Å². The molecule has 0 unspecified atom stereocenters. The molecule has 0 fully saturated rings. The van der Waals surface area contributed by atoms with Crippen molar-refractivity contribution in [2.24, 2.45) is 0 Å². The monoisotopic (exact) mass is 502 g/mol. The lowest BCUT2D eigenvalue weighted by Crippen LogP contribution is -2.67. The lowest BCUT2D eigenvalue weighted by Gasteiger charge is -2.33. The molecule has 0 aromatic heterocycles. The summed E-state index contributed by atoms with van der Waals surface area (Å²) in [5.41, 5.74) is 0. The fourth-order valence-electron chi connectivity index (χ4n) is 5.43. The molecule has 0 aliphatic heterocycles. The van der Waals surface area contributed by atoms with Gasteiger partial charge in [-0.2, -0.15) is 0 Å². The molecule has 5 aromatic carbocycles. The third kappa shape index (κ3) is 3.89. The number of benzene rings is 5. The van der Waals surface area contributed by atoms with Crippen LogP contribution in [0, 0.1) is 0 Å². The van der Waals surface area contributed by atoms with E-state index in [1.807, 2.05) is 72.8 Å². The van der Waals surface area contributed by atoms with E-state index in [4.69, 9.17) is 0 Å². The van der Waals surface area contributed by atoms with Gasteiger partial charge in [0.05, 0.1) is 0 Å². The average molecular weight is 503 g/mol. The van der Waals surface area contributed by atoms with Gasteiger partial charge >= 0.3 is 0 Å².